The van der Waals surface area contributed by atoms with Crippen LogP contribution in [0.1, 0.15) is 37.0 Å². The molecule has 1 rings (SSSR count). The summed E-state index contributed by atoms with van der Waals surface area (Å²) < 4.78 is 10.5. The summed E-state index contributed by atoms with van der Waals surface area (Å²) in [4.78, 5) is 14.7. The van der Waals surface area contributed by atoms with E-state index in [-0.39, 0.29) is 11.9 Å². The Morgan fingerprint density at radius 2 is 1.90 bits per heavy atom. The van der Waals surface area contributed by atoms with Crippen molar-refractivity contribution in [2.75, 3.05) is 27.3 Å². The van der Waals surface area contributed by atoms with Crippen LogP contribution in [-0.4, -0.2) is 44.2 Å². The Hall–Kier alpha value is -1.75. The van der Waals surface area contributed by atoms with E-state index in [1.807, 2.05) is 4.90 Å². The van der Waals surface area contributed by atoms with Crippen LogP contribution in [0, 0.1) is 0 Å². The minimum atomic E-state index is -0.0475. The fourth-order valence-electron chi connectivity index (χ4n) is 2.45. The molecule has 0 atom stereocenters. The first kappa shape index (κ1) is 17.3. The molecule has 0 saturated heterocycles. The molecule has 0 aliphatic rings. The first-order valence-corrected chi connectivity index (χ1v) is 7.35. The lowest BCUT2D eigenvalue weighted by molar-refractivity contribution is 0.0671. The SMILES string of the molecule is CCC(CC)N(CCN)C(=O)c1ccc(OC)cc1OC. The van der Waals surface area contributed by atoms with E-state index in [1.165, 1.54) is 0 Å². The van der Waals surface area contributed by atoms with Gasteiger partial charge in [-0.3, -0.25) is 4.79 Å². The average Bonchev–Trinajstić information content (AvgIpc) is 2.53. The van der Waals surface area contributed by atoms with Crippen molar-refractivity contribution in [3.63, 3.8) is 0 Å². The van der Waals surface area contributed by atoms with Gasteiger partial charge in [0.05, 0.1) is 19.8 Å². The smallest absolute Gasteiger partial charge is 0.257 e. The highest BCUT2D eigenvalue weighted by Gasteiger charge is 2.24. The highest BCUT2D eigenvalue weighted by molar-refractivity contribution is 5.97. The van der Waals surface area contributed by atoms with Crippen LogP contribution < -0.4 is 15.2 Å². The third kappa shape index (κ3) is 4.11. The van der Waals surface area contributed by atoms with E-state index in [2.05, 4.69) is 13.8 Å². The number of ether oxygens (including phenoxy) is 2. The van der Waals surface area contributed by atoms with E-state index in [9.17, 15) is 4.79 Å². The molecule has 0 unspecified atom stereocenters. The molecule has 21 heavy (non-hydrogen) atoms. The highest BCUT2D eigenvalue weighted by atomic mass is 16.5. The largest absolute Gasteiger partial charge is 0.497 e. The maximum absolute atomic E-state index is 12.8. The van der Waals surface area contributed by atoms with Crippen LogP contribution in [0.4, 0.5) is 0 Å². The summed E-state index contributed by atoms with van der Waals surface area (Å²) in [5.41, 5.74) is 6.20. The molecular weight excluding hydrogens is 268 g/mol. The van der Waals surface area contributed by atoms with Crippen molar-refractivity contribution in [1.29, 1.82) is 0 Å². The van der Waals surface area contributed by atoms with Crippen molar-refractivity contribution in [1.82, 2.24) is 4.90 Å². The quantitative estimate of drug-likeness (QED) is 0.799. The van der Waals surface area contributed by atoms with E-state index in [0.29, 0.717) is 30.2 Å². The van der Waals surface area contributed by atoms with Gasteiger partial charge in [-0.2, -0.15) is 0 Å². The van der Waals surface area contributed by atoms with Gasteiger partial charge in [0, 0.05) is 25.2 Å². The second kappa shape index (κ2) is 8.52. The van der Waals surface area contributed by atoms with Crippen molar-refractivity contribution in [3.05, 3.63) is 23.8 Å². The summed E-state index contributed by atoms with van der Waals surface area (Å²) in [6.45, 7) is 5.15. The summed E-state index contributed by atoms with van der Waals surface area (Å²) >= 11 is 0. The molecule has 2 N–H and O–H groups in total. The first-order chi connectivity index (χ1) is 10.1. The number of nitrogens with zero attached hydrogens (tertiary/aromatic N) is 1. The molecule has 118 valence electrons. The monoisotopic (exact) mass is 294 g/mol. The van der Waals surface area contributed by atoms with Crippen LogP contribution in [0.5, 0.6) is 11.5 Å². The molecule has 0 bridgehead atoms. The molecule has 1 aromatic rings. The first-order valence-electron chi connectivity index (χ1n) is 7.35. The lowest BCUT2D eigenvalue weighted by Crippen LogP contribution is -2.42. The predicted molar refractivity (Wildman–Crippen MR) is 84.0 cm³/mol. The van der Waals surface area contributed by atoms with Gasteiger partial charge < -0.3 is 20.1 Å². The van der Waals surface area contributed by atoms with Gasteiger partial charge in [0.1, 0.15) is 11.5 Å². The van der Waals surface area contributed by atoms with Crippen LogP contribution in [0.25, 0.3) is 0 Å². The van der Waals surface area contributed by atoms with Gasteiger partial charge in [-0.15, -0.1) is 0 Å². The van der Waals surface area contributed by atoms with E-state index in [4.69, 9.17) is 15.2 Å². The Morgan fingerprint density at radius 3 is 2.38 bits per heavy atom. The number of carbonyl (C=O) groups is 1. The number of rotatable bonds is 8. The van der Waals surface area contributed by atoms with Crippen molar-refractivity contribution in [2.45, 2.75) is 32.7 Å². The molecule has 0 radical (unpaired) electrons. The van der Waals surface area contributed by atoms with Crippen LogP contribution in [0.3, 0.4) is 0 Å². The maximum atomic E-state index is 12.8. The summed E-state index contributed by atoms with van der Waals surface area (Å²) in [5, 5.41) is 0. The number of methoxy groups -OCH3 is 2. The van der Waals surface area contributed by atoms with Gasteiger partial charge in [-0.25, -0.2) is 0 Å². The summed E-state index contributed by atoms with van der Waals surface area (Å²) in [7, 11) is 3.14. The van der Waals surface area contributed by atoms with Crippen LogP contribution in [0.2, 0.25) is 0 Å². The van der Waals surface area contributed by atoms with Crippen molar-refractivity contribution < 1.29 is 14.3 Å². The van der Waals surface area contributed by atoms with Crippen LogP contribution >= 0.6 is 0 Å². The zero-order valence-electron chi connectivity index (χ0n) is 13.4. The molecule has 0 spiro atoms. The molecule has 0 fully saturated rings. The number of carbonyl (C=O) groups excluding carboxylic acids is 1. The second-order valence-corrected chi connectivity index (χ2v) is 4.82. The Morgan fingerprint density at radius 1 is 1.24 bits per heavy atom. The van der Waals surface area contributed by atoms with Crippen molar-refractivity contribution in [3.8, 4) is 11.5 Å². The topological polar surface area (TPSA) is 64.8 Å². The molecule has 0 heterocycles. The second-order valence-electron chi connectivity index (χ2n) is 4.82. The van der Waals surface area contributed by atoms with Gasteiger partial charge in [0.15, 0.2) is 0 Å². The molecule has 0 aliphatic carbocycles. The molecule has 0 aromatic heterocycles. The van der Waals surface area contributed by atoms with Gasteiger partial charge >= 0.3 is 0 Å². The molecule has 5 nitrogen and oxygen atoms in total. The Balaban J connectivity index is 3.13. The molecule has 0 aliphatic heterocycles. The fraction of sp³-hybridized carbons (Fsp3) is 0.562. The van der Waals surface area contributed by atoms with Crippen molar-refractivity contribution >= 4 is 5.91 Å². The number of amides is 1. The summed E-state index contributed by atoms with van der Waals surface area (Å²) in [5.74, 6) is 1.14. The van der Waals surface area contributed by atoms with Gasteiger partial charge in [0.2, 0.25) is 0 Å². The number of nitrogens with two attached hydrogens (primary N) is 1. The average molecular weight is 294 g/mol. The van der Waals surface area contributed by atoms with E-state index in [0.717, 1.165) is 12.8 Å². The Labute approximate surface area is 127 Å². The van der Waals surface area contributed by atoms with Gasteiger partial charge in [-0.05, 0) is 25.0 Å². The Kier molecular flexibility index (Phi) is 7.02. The third-order valence-corrected chi connectivity index (χ3v) is 3.65. The van der Waals surface area contributed by atoms with E-state index < -0.39 is 0 Å². The maximum Gasteiger partial charge on any atom is 0.257 e. The molecule has 1 aromatic carbocycles. The molecule has 5 heteroatoms. The predicted octanol–water partition coefficient (Wildman–Crippen LogP) is 2.29. The number of benzene rings is 1. The van der Waals surface area contributed by atoms with Gasteiger partial charge in [-0.1, -0.05) is 13.8 Å². The number of hydrogen-bond donors (Lipinski definition) is 1. The molecule has 0 saturated carbocycles. The lowest BCUT2D eigenvalue weighted by Gasteiger charge is -2.30. The summed E-state index contributed by atoms with van der Waals surface area (Å²) in [6, 6.07) is 5.42. The van der Waals surface area contributed by atoms with Gasteiger partial charge in [0.25, 0.3) is 5.91 Å². The zero-order chi connectivity index (χ0) is 15.8. The lowest BCUT2D eigenvalue weighted by atomic mass is 10.1. The molecule has 1 amide bonds. The highest BCUT2D eigenvalue weighted by Crippen LogP contribution is 2.26. The van der Waals surface area contributed by atoms with E-state index in [1.54, 1.807) is 32.4 Å². The molecular formula is C16H26N2O3. The minimum Gasteiger partial charge on any atom is -0.497 e. The third-order valence-electron chi connectivity index (χ3n) is 3.65. The zero-order valence-corrected chi connectivity index (χ0v) is 13.4. The standard InChI is InChI=1S/C16H26N2O3/c1-5-12(6-2)18(10-9-17)16(19)14-8-7-13(20-3)11-15(14)21-4/h7-8,11-12H,5-6,9-10,17H2,1-4H3. The minimum absolute atomic E-state index is 0.0475. The fourth-order valence-corrected chi connectivity index (χ4v) is 2.45. The summed E-state index contributed by atoms with van der Waals surface area (Å²) in [6.07, 6.45) is 1.81. The van der Waals surface area contributed by atoms with Crippen molar-refractivity contribution in [2.24, 2.45) is 5.73 Å². The Bertz CT molecular complexity index is 459. The number of hydrogen-bond acceptors (Lipinski definition) is 4. The van der Waals surface area contributed by atoms with Crippen LogP contribution in [-0.2, 0) is 0 Å². The normalized spacial score (nSPS) is 10.6. The van der Waals surface area contributed by atoms with Crippen LogP contribution in [0.15, 0.2) is 18.2 Å². The van der Waals surface area contributed by atoms with E-state index >= 15 is 0 Å².